The number of nitrogens with zero attached hydrogens (tertiary/aromatic N) is 2. The van der Waals surface area contributed by atoms with E-state index >= 15 is 0 Å². The molecule has 1 aromatic rings. The van der Waals surface area contributed by atoms with Gasteiger partial charge in [-0.05, 0) is 25.7 Å². The Bertz CT molecular complexity index is 617. The fourth-order valence-electron chi connectivity index (χ4n) is 2.56. The quantitative estimate of drug-likeness (QED) is 0.816. The second-order valence-electron chi connectivity index (χ2n) is 5.13. The maximum atomic E-state index is 12.6. The Morgan fingerprint density at radius 2 is 2.10 bits per heavy atom. The molecule has 118 valence electrons. The van der Waals surface area contributed by atoms with E-state index in [1.165, 1.54) is 11.2 Å². The van der Waals surface area contributed by atoms with Crippen LogP contribution in [-0.4, -0.2) is 60.8 Å². The van der Waals surface area contributed by atoms with Crippen LogP contribution in [0.25, 0.3) is 0 Å². The smallest absolute Gasteiger partial charge is 0.357 e. The summed E-state index contributed by atoms with van der Waals surface area (Å²) < 4.78 is 31.7. The van der Waals surface area contributed by atoms with Crippen molar-refractivity contribution in [1.82, 2.24) is 14.5 Å². The van der Waals surface area contributed by atoms with Crippen LogP contribution in [0.5, 0.6) is 0 Å². The number of aromatic amines is 1. The number of rotatable bonds is 5. The fourth-order valence-corrected chi connectivity index (χ4v) is 4.32. The van der Waals surface area contributed by atoms with E-state index in [0.29, 0.717) is 38.5 Å². The second kappa shape index (κ2) is 6.12. The van der Waals surface area contributed by atoms with Crippen molar-refractivity contribution < 1.29 is 23.1 Å². The molecule has 1 fully saturated rings. The van der Waals surface area contributed by atoms with E-state index in [9.17, 15) is 13.2 Å². The molecule has 9 heteroatoms. The zero-order valence-electron chi connectivity index (χ0n) is 12.0. The van der Waals surface area contributed by atoms with Crippen LogP contribution in [0.4, 0.5) is 0 Å². The normalized spacial score (nSPS) is 18.0. The molecule has 1 aliphatic heterocycles. The summed E-state index contributed by atoms with van der Waals surface area (Å²) in [5, 5.41) is 15.1. The van der Waals surface area contributed by atoms with Gasteiger partial charge in [-0.2, -0.15) is 9.40 Å². The molecule has 2 rings (SSSR count). The number of aromatic carboxylic acids is 1. The topological polar surface area (TPSA) is 113 Å². The Morgan fingerprint density at radius 1 is 1.48 bits per heavy atom. The summed E-state index contributed by atoms with van der Waals surface area (Å²) in [6, 6.07) is 0. The number of carboxylic acid groups (broad SMARTS) is 1. The molecule has 2 N–H and O–H groups in total. The number of aromatic nitrogens is 2. The molecular weight excluding hydrogens is 298 g/mol. The van der Waals surface area contributed by atoms with Gasteiger partial charge in [-0.3, -0.25) is 5.10 Å². The molecule has 1 aliphatic rings. The number of methoxy groups -OCH3 is 1. The molecule has 1 saturated heterocycles. The average molecular weight is 317 g/mol. The molecule has 0 atom stereocenters. The van der Waals surface area contributed by atoms with Gasteiger partial charge in [0.15, 0.2) is 5.69 Å². The lowest BCUT2D eigenvalue weighted by Gasteiger charge is -2.30. The van der Waals surface area contributed by atoms with Gasteiger partial charge in [0.05, 0.1) is 5.69 Å². The van der Waals surface area contributed by atoms with Crippen molar-refractivity contribution in [1.29, 1.82) is 0 Å². The van der Waals surface area contributed by atoms with E-state index in [2.05, 4.69) is 10.2 Å². The third-order valence-corrected chi connectivity index (χ3v) is 5.73. The lowest BCUT2D eigenvalue weighted by molar-refractivity contribution is 0.0686. The Kier molecular flexibility index (Phi) is 4.64. The summed E-state index contributed by atoms with van der Waals surface area (Å²) in [4.78, 5) is 10.9. The molecule has 0 radical (unpaired) electrons. The molecule has 0 spiro atoms. The number of hydrogen-bond donors (Lipinski definition) is 2. The van der Waals surface area contributed by atoms with Gasteiger partial charge in [0.2, 0.25) is 10.0 Å². The minimum Gasteiger partial charge on any atom is -0.476 e. The van der Waals surface area contributed by atoms with Crippen LogP contribution in [0.3, 0.4) is 0 Å². The summed E-state index contributed by atoms with van der Waals surface area (Å²) in [5.41, 5.74) is -0.210. The van der Waals surface area contributed by atoms with Gasteiger partial charge < -0.3 is 9.84 Å². The van der Waals surface area contributed by atoms with Crippen molar-refractivity contribution in [2.45, 2.75) is 24.7 Å². The third kappa shape index (κ3) is 3.09. The number of sulfonamides is 1. The molecule has 0 bridgehead atoms. The number of carbonyl (C=O) groups is 1. The average Bonchev–Trinajstić information content (AvgIpc) is 2.82. The summed E-state index contributed by atoms with van der Waals surface area (Å²) in [7, 11) is -2.22. The lowest BCUT2D eigenvalue weighted by atomic mass is 9.99. The molecule has 0 aromatic carbocycles. The molecule has 8 nitrogen and oxygen atoms in total. The number of ether oxygens (including phenoxy) is 1. The van der Waals surface area contributed by atoms with E-state index < -0.39 is 21.7 Å². The van der Waals surface area contributed by atoms with Crippen LogP contribution in [0.2, 0.25) is 0 Å². The predicted molar refractivity (Wildman–Crippen MR) is 73.6 cm³/mol. The molecular formula is C12H19N3O5S. The van der Waals surface area contributed by atoms with Gasteiger partial charge >= 0.3 is 5.97 Å². The summed E-state index contributed by atoms with van der Waals surface area (Å²) in [6.45, 7) is 2.84. The minimum atomic E-state index is -3.85. The van der Waals surface area contributed by atoms with Crippen LogP contribution < -0.4 is 0 Å². The van der Waals surface area contributed by atoms with E-state index in [1.54, 1.807) is 7.11 Å². The third-order valence-electron chi connectivity index (χ3n) is 3.67. The Balaban J connectivity index is 2.24. The van der Waals surface area contributed by atoms with Crippen LogP contribution in [-0.2, 0) is 14.8 Å². The number of carboxylic acids is 1. The monoisotopic (exact) mass is 317 g/mol. The predicted octanol–water partition coefficient (Wildman–Crippen LogP) is 0.463. The Morgan fingerprint density at radius 3 is 2.62 bits per heavy atom. The largest absolute Gasteiger partial charge is 0.476 e. The molecule has 0 aliphatic carbocycles. The summed E-state index contributed by atoms with van der Waals surface area (Å²) in [6.07, 6.45) is 1.40. The Labute approximate surface area is 123 Å². The molecule has 0 unspecified atom stereocenters. The van der Waals surface area contributed by atoms with Gasteiger partial charge in [0.1, 0.15) is 4.90 Å². The number of nitrogens with one attached hydrogen (secondary N) is 1. The van der Waals surface area contributed by atoms with E-state index in [0.717, 1.165) is 0 Å². The molecule has 0 saturated carbocycles. The fraction of sp³-hybridized carbons (Fsp3) is 0.667. The number of hydrogen-bond acceptors (Lipinski definition) is 5. The number of H-pyrrole nitrogens is 1. The van der Waals surface area contributed by atoms with Crippen molar-refractivity contribution in [3.63, 3.8) is 0 Å². The number of aryl methyl sites for hydroxylation is 1. The highest BCUT2D eigenvalue weighted by molar-refractivity contribution is 7.89. The van der Waals surface area contributed by atoms with Crippen LogP contribution >= 0.6 is 0 Å². The first-order valence-electron chi connectivity index (χ1n) is 6.65. The molecule has 0 amide bonds. The molecule has 1 aromatic heterocycles. The maximum Gasteiger partial charge on any atom is 0.357 e. The van der Waals surface area contributed by atoms with Crippen molar-refractivity contribution in [2.75, 3.05) is 26.8 Å². The first-order valence-corrected chi connectivity index (χ1v) is 8.09. The van der Waals surface area contributed by atoms with Gasteiger partial charge in [0, 0.05) is 26.8 Å². The Hall–Kier alpha value is -1.45. The van der Waals surface area contributed by atoms with E-state index in [1.807, 2.05) is 0 Å². The van der Waals surface area contributed by atoms with Crippen molar-refractivity contribution >= 4 is 16.0 Å². The second-order valence-corrected chi connectivity index (χ2v) is 7.01. The van der Waals surface area contributed by atoms with Crippen LogP contribution in [0.15, 0.2) is 4.90 Å². The van der Waals surface area contributed by atoms with Crippen molar-refractivity contribution in [3.05, 3.63) is 11.4 Å². The minimum absolute atomic E-state index is 0.236. The summed E-state index contributed by atoms with van der Waals surface area (Å²) in [5.74, 6) is -1.02. The van der Waals surface area contributed by atoms with Gasteiger partial charge in [-0.1, -0.05) is 0 Å². The zero-order valence-corrected chi connectivity index (χ0v) is 12.8. The SMILES string of the molecule is COCC1CCN(S(=O)(=O)c2c(C(=O)O)n[nH]c2C)CC1. The van der Waals surface area contributed by atoms with E-state index in [-0.39, 0.29) is 10.6 Å². The highest BCUT2D eigenvalue weighted by atomic mass is 32.2. The van der Waals surface area contributed by atoms with Crippen LogP contribution in [0, 0.1) is 12.8 Å². The highest BCUT2D eigenvalue weighted by Gasteiger charge is 2.35. The van der Waals surface area contributed by atoms with Gasteiger partial charge in [0.25, 0.3) is 0 Å². The number of piperidine rings is 1. The van der Waals surface area contributed by atoms with Gasteiger partial charge in [-0.15, -0.1) is 0 Å². The van der Waals surface area contributed by atoms with Crippen LogP contribution in [0.1, 0.15) is 29.0 Å². The highest BCUT2D eigenvalue weighted by Crippen LogP contribution is 2.27. The molecule has 21 heavy (non-hydrogen) atoms. The maximum absolute atomic E-state index is 12.6. The van der Waals surface area contributed by atoms with Crippen molar-refractivity contribution in [2.24, 2.45) is 5.92 Å². The van der Waals surface area contributed by atoms with Crippen molar-refractivity contribution in [3.8, 4) is 0 Å². The lowest BCUT2D eigenvalue weighted by Crippen LogP contribution is -2.39. The zero-order chi connectivity index (χ0) is 15.6. The summed E-state index contributed by atoms with van der Waals surface area (Å²) >= 11 is 0. The van der Waals surface area contributed by atoms with E-state index in [4.69, 9.17) is 9.84 Å². The molecule has 2 heterocycles. The van der Waals surface area contributed by atoms with Gasteiger partial charge in [-0.25, -0.2) is 13.2 Å². The first-order chi connectivity index (χ1) is 9.87. The standard InChI is InChI=1S/C12H19N3O5S/c1-8-11(10(12(16)17)14-13-8)21(18,19)15-5-3-9(4-6-15)7-20-2/h9H,3-7H2,1-2H3,(H,13,14)(H,16,17). The first kappa shape index (κ1) is 15.9.